The quantitative estimate of drug-likeness (QED) is 0.751. The Hall–Kier alpha value is -0.180. The van der Waals surface area contributed by atoms with E-state index in [9.17, 15) is 4.79 Å². The van der Waals surface area contributed by atoms with Gasteiger partial charge in [0.2, 0.25) is 0 Å². The minimum atomic E-state index is -0.118. The van der Waals surface area contributed by atoms with Crippen molar-refractivity contribution >= 4 is 40.7 Å². The SMILES string of the molecule is CC(=O)C(C)Sc1c(Cl)cccc1Cl. The van der Waals surface area contributed by atoms with Crippen LogP contribution >= 0.6 is 35.0 Å². The molecule has 1 aromatic carbocycles. The number of halogens is 2. The number of hydrogen-bond acceptors (Lipinski definition) is 2. The second-order valence-electron chi connectivity index (χ2n) is 2.92. The van der Waals surface area contributed by atoms with E-state index < -0.39 is 0 Å². The Morgan fingerprint density at radius 3 is 2.29 bits per heavy atom. The zero-order valence-corrected chi connectivity index (χ0v) is 10.2. The monoisotopic (exact) mass is 248 g/mol. The van der Waals surface area contributed by atoms with Gasteiger partial charge in [0.05, 0.1) is 15.3 Å². The third kappa shape index (κ3) is 2.91. The molecule has 0 N–H and O–H groups in total. The third-order valence-electron chi connectivity index (χ3n) is 1.79. The van der Waals surface area contributed by atoms with Crippen LogP contribution in [0.15, 0.2) is 23.1 Å². The number of carbonyl (C=O) groups is 1. The van der Waals surface area contributed by atoms with Crippen LogP contribution < -0.4 is 0 Å². The summed E-state index contributed by atoms with van der Waals surface area (Å²) in [7, 11) is 0. The molecule has 1 nitrogen and oxygen atoms in total. The molecule has 1 aromatic rings. The molecule has 4 heteroatoms. The maximum Gasteiger partial charge on any atom is 0.142 e. The number of Topliss-reactive ketones (excluding diaryl/α,β-unsaturated/α-hetero) is 1. The van der Waals surface area contributed by atoms with Crippen molar-refractivity contribution in [1.29, 1.82) is 0 Å². The summed E-state index contributed by atoms with van der Waals surface area (Å²) in [5.41, 5.74) is 0. The van der Waals surface area contributed by atoms with Crippen LogP contribution in [0.5, 0.6) is 0 Å². The molecule has 0 saturated carbocycles. The van der Waals surface area contributed by atoms with Gasteiger partial charge in [0, 0.05) is 4.90 Å². The Kier molecular flexibility index (Phi) is 4.30. The van der Waals surface area contributed by atoms with E-state index in [1.54, 1.807) is 25.1 Å². The van der Waals surface area contributed by atoms with Crippen LogP contribution in [-0.4, -0.2) is 11.0 Å². The molecule has 0 bridgehead atoms. The molecule has 0 heterocycles. The van der Waals surface area contributed by atoms with Crippen LogP contribution in [-0.2, 0) is 4.79 Å². The summed E-state index contributed by atoms with van der Waals surface area (Å²) in [5, 5.41) is 1.07. The molecule has 0 saturated heterocycles. The third-order valence-corrected chi connectivity index (χ3v) is 4.00. The number of carbonyl (C=O) groups excluding carboxylic acids is 1. The summed E-state index contributed by atoms with van der Waals surface area (Å²) in [6, 6.07) is 5.32. The normalized spacial score (nSPS) is 12.6. The van der Waals surface area contributed by atoms with Gasteiger partial charge in [-0.1, -0.05) is 29.3 Å². The van der Waals surface area contributed by atoms with Gasteiger partial charge in [-0.2, -0.15) is 0 Å². The van der Waals surface area contributed by atoms with Gasteiger partial charge in [-0.15, -0.1) is 11.8 Å². The zero-order chi connectivity index (χ0) is 10.7. The molecule has 0 fully saturated rings. The van der Waals surface area contributed by atoms with Crippen molar-refractivity contribution in [2.45, 2.75) is 24.0 Å². The van der Waals surface area contributed by atoms with Gasteiger partial charge in [0.1, 0.15) is 5.78 Å². The Morgan fingerprint density at radius 1 is 1.36 bits per heavy atom. The fraction of sp³-hybridized carbons (Fsp3) is 0.300. The van der Waals surface area contributed by atoms with E-state index in [0.717, 1.165) is 4.90 Å². The van der Waals surface area contributed by atoms with Crippen LogP contribution in [0.3, 0.4) is 0 Å². The van der Waals surface area contributed by atoms with Gasteiger partial charge in [-0.05, 0) is 26.0 Å². The van der Waals surface area contributed by atoms with Crippen LogP contribution in [0.1, 0.15) is 13.8 Å². The minimum Gasteiger partial charge on any atom is -0.299 e. The highest BCUT2D eigenvalue weighted by atomic mass is 35.5. The van der Waals surface area contributed by atoms with Gasteiger partial charge < -0.3 is 0 Å². The fourth-order valence-electron chi connectivity index (χ4n) is 0.855. The van der Waals surface area contributed by atoms with Gasteiger partial charge in [0.15, 0.2) is 0 Å². The first-order valence-corrected chi connectivity index (χ1v) is 5.77. The average molecular weight is 249 g/mol. The molecule has 0 aromatic heterocycles. The number of thioether (sulfide) groups is 1. The number of rotatable bonds is 3. The standard InChI is InChI=1S/C10H10Cl2OS/c1-6(13)7(2)14-10-8(11)4-3-5-9(10)12/h3-5,7H,1-2H3. The van der Waals surface area contributed by atoms with Crippen molar-refractivity contribution in [2.75, 3.05) is 0 Å². The first kappa shape index (κ1) is 11.9. The second kappa shape index (κ2) is 5.06. The molecular weight excluding hydrogens is 239 g/mol. The zero-order valence-electron chi connectivity index (χ0n) is 7.88. The van der Waals surface area contributed by atoms with Gasteiger partial charge >= 0.3 is 0 Å². The molecular formula is C10H10Cl2OS. The van der Waals surface area contributed by atoms with Gasteiger partial charge in [0.25, 0.3) is 0 Å². The summed E-state index contributed by atoms with van der Waals surface area (Å²) in [4.78, 5) is 11.8. The summed E-state index contributed by atoms with van der Waals surface area (Å²) in [5.74, 6) is 0.117. The maximum absolute atomic E-state index is 11.1. The minimum absolute atomic E-state index is 0.117. The lowest BCUT2D eigenvalue weighted by atomic mass is 10.3. The molecule has 1 atom stereocenters. The van der Waals surface area contributed by atoms with Gasteiger partial charge in [-0.25, -0.2) is 0 Å². The van der Waals surface area contributed by atoms with E-state index >= 15 is 0 Å². The van der Waals surface area contributed by atoms with E-state index in [1.807, 2.05) is 6.92 Å². The molecule has 1 rings (SSSR count). The smallest absolute Gasteiger partial charge is 0.142 e. The molecule has 14 heavy (non-hydrogen) atoms. The Balaban J connectivity index is 2.91. The van der Waals surface area contributed by atoms with Crippen LogP contribution in [0, 0.1) is 0 Å². The lowest BCUT2D eigenvalue weighted by Crippen LogP contribution is -2.07. The fourth-order valence-corrected chi connectivity index (χ4v) is 2.40. The molecule has 0 radical (unpaired) electrons. The van der Waals surface area contributed by atoms with Crippen molar-refractivity contribution < 1.29 is 4.79 Å². The summed E-state index contributed by atoms with van der Waals surface area (Å²) < 4.78 is 0. The molecule has 0 aliphatic rings. The highest BCUT2D eigenvalue weighted by Crippen LogP contribution is 2.36. The average Bonchev–Trinajstić information content (AvgIpc) is 2.11. The highest BCUT2D eigenvalue weighted by molar-refractivity contribution is 8.00. The number of ketones is 1. The van der Waals surface area contributed by atoms with E-state index in [-0.39, 0.29) is 11.0 Å². The van der Waals surface area contributed by atoms with Crippen molar-refractivity contribution in [2.24, 2.45) is 0 Å². The lowest BCUT2D eigenvalue weighted by molar-refractivity contribution is -0.116. The first-order valence-electron chi connectivity index (χ1n) is 4.13. The van der Waals surface area contributed by atoms with E-state index in [0.29, 0.717) is 10.0 Å². The van der Waals surface area contributed by atoms with Crippen molar-refractivity contribution in [3.63, 3.8) is 0 Å². The lowest BCUT2D eigenvalue weighted by Gasteiger charge is -2.10. The molecule has 76 valence electrons. The predicted molar refractivity (Wildman–Crippen MR) is 62.5 cm³/mol. The van der Waals surface area contributed by atoms with Crippen LogP contribution in [0.25, 0.3) is 0 Å². The van der Waals surface area contributed by atoms with Crippen molar-refractivity contribution in [3.05, 3.63) is 28.2 Å². The van der Waals surface area contributed by atoms with E-state index in [4.69, 9.17) is 23.2 Å². The largest absolute Gasteiger partial charge is 0.299 e. The molecule has 0 aliphatic carbocycles. The number of hydrogen-bond donors (Lipinski definition) is 0. The van der Waals surface area contributed by atoms with Crippen molar-refractivity contribution in [3.8, 4) is 0 Å². The first-order chi connectivity index (χ1) is 6.52. The Labute approximate surface area is 97.8 Å². The summed E-state index contributed by atoms with van der Waals surface area (Å²) in [6.45, 7) is 3.40. The topological polar surface area (TPSA) is 17.1 Å². The van der Waals surface area contributed by atoms with Crippen LogP contribution in [0.4, 0.5) is 0 Å². The predicted octanol–water partition coefficient (Wildman–Crippen LogP) is 4.06. The van der Waals surface area contributed by atoms with E-state index in [2.05, 4.69) is 0 Å². The number of benzene rings is 1. The summed E-state index contributed by atoms with van der Waals surface area (Å²) >= 11 is 13.3. The van der Waals surface area contributed by atoms with E-state index in [1.165, 1.54) is 11.8 Å². The maximum atomic E-state index is 11.1. The highest BCUT2D eigenvalue weighted by Gasteiger charge is 2.13. The second-order valence-corrected chi connectivity index (χ2v) is 5.09. The van der Waals surface area contributed by atoms with Crippen LogP contribution in [0.2, 0.25) is 10.0 Å². The molecule has 0 aliphatic heterocycles. The summed E-state index contributed by atoms with van der Waals surface area (Å²) in [6.07, 6.45) is 0. The molecule has 0 amide bonds. The Morgan fingerprint density at radius 2 is 1.86 bits per heavy atom. The van der Waals surface area contributed by atoms with Crippen molar-refractivity contribution in [1.82, 2.24) is 0 Å². The molecule has 0 spiro atoms. The molecule has 1 unspecified atom stereocenters. The Bertz CT molecular complexity index is 332. The van der Waals surface area contributed by atoms with Gasteiger partial charge in [-0.3, -0.25) is 4.79 Å².